The molecule has 12 nitrogen and oxygen atoms in total. The second kappa shape index (κ2) is 14.0. The first-order valence-electron chi connectivity index (χ1n) is 11.7. The Kier molecular flexibility index (Phi) is 11.8. The van der Waals surface area contributed by atoms with Crippen LogP contribution in [0.3, 0.4) is 0 Å². The standard InChI is InChI=1S/C24H37N5O7/c1-12(2)19(28-21(32)16(25)11-14-5-7-15(30)8-6-14)23(34)27-17(9-10-18(26)31)22(33)29-20(13(3)4)24(35)36/h5-8,12-13,16-17,19-20,30H,9-11,25H2,1-4H3,(H2,26,31)(H,27,34)(H,28,32)(H,29,33)(H,35,36). The highest BCUT2D eigenvalue weighted by Gasteiger charge is 2.32. The van der Waals surface area contributed by atoms with Crippen LogP contribution in [-0.2, 0) is 30.4 Å². The van der Waals surface area contributed by atoms with Gasteiger partial charge in [0.15, 0.2) is 0 Å². The first kappa shape index (κ1) is 30.4. The lowest BCUT2D eigenvalue weighted by Crippen LogP contribution is -2.59. The number of benzene rings is 1. The average Bonchev–Trinajstić information content (AvgIpc) is 2.78. The molecule has 0 saturated carbocycles. The van der Waals surface area contributed by atoms with E-state index in [-0.39, 0.29) is 25.0 Å². The van der Waals surface area contributed by atoms with Gasteiger partial charge in [-0.3, -0.25) is 19.2 Å². The number of nitrogens with one attached hydrogen (secondary N) is 3. The van der Waals surface area contributed by atoms with E-state index in [2.05, 4.69) is 16.0 Å². The Balaban J connectivity index is 2.95. The summed E-state index contributed by atoms with van der Waals surface area (Å²) in [7, 11) is 0. The minimum atomic E-state index is -1.26. The third kappa shape index (κ3) is 9.90. The third-order valence-corrected chi connectivity index (χ3v) is 5.52. The highest BCUT2D eigenvalue weighted by Crippen LogP contribution is 2.12. The van der Waals surface area contributed by atoms with Gasteiger partial charge in [0.1, 0.15) is 23.9 Å². The Labute approximate surface area is 210 Å². The zero-order chi connectivity index (χ0) is 27.6. The van der Waals surface area contributed by atoms with E-state index in [1.807, 2.05) is 0 Å². The topological polar surface area (TPSA) is 214 Å². The van der Waals surface area contributed by atoms with Crippen molar-refractivity contribution in [3.63, 3.8) is 0 Å². The Bertz CT molecular complexity index is 933. The zero-order valence-corrected chi connectivity index (χ0v) is 21.0. The van der Waals surface area contributed by atoms with E-state index >= 15 is 0 Å². The molecule has 9 N–H and O–H groups in total. The number of carbonyl (C=O) groups is 5. The fourth-order valence-electron chi connectivity index (χ4n) is 3.36. The summed E-state index contributed by atoms with van der Waals surface area (Å²) in [6.45, 7) is 6.60. The summed E-state index contributed by atoms with van der Waals surface area (Å²) in [6, 6.07) is 1.67. The molecule has 0 radical (unpaired) electrons. The lowest BCUT2D eigenvalue weighted by atomic mass is 10.00. The number of aliphatic carboxylic acids is 1. The van der Waals surface area contributed by atoms with Gasteiger partial charge in [0.05, 0.1) is 6.04 Å². The van der Waals surface area contributed by atoms with Crippen molar-refractivity contribution in [2.45, 2.75) is 71.1 Å². The molecule has 36 heavy (non-hydrogen) atoms. The molecule has 4 unspecified atom stereocenters. The van der Waals surface area contributed by atoms with Crippen LogP contribution in [-0.4, -0.2) is 64.0 Å². The molecule has 4 atom stereocenters. The van der Waals surface area contributed by atoms with Crippen LogP contribution in [0.4, 0.5) is 0 Å². The van der Waals surface area contributed by atoms with Gasteiger partial charge in [-0.05, 0) is 42.4 Å². The Morgan fingerprint density at radius 3 is 1.83 bits per heavy atom. The number of amides is 4. The summed E-state index contributed by atoms with van der Waals surface area (Å²) in [4.78, 5) is 61.3. The molecule has 0 aliphatic carbocycles. The van der Waals surface area contributed by atoms with Gasteiger partial charge < -0.3 is 37.6 Å². The summed E-state index contributed by atoms with van der Waals surface area (Å²) < 4.78 is 0. The first-order valence-corrected chi connectivity index (χ1v) is 11.7. The quantitative estimate of drug-likeness (QED) is 0.172. The van der Waals surface area contributed by atoms with Crippen molar-refractivity contribution < 1.29 is 34.2 Å². The molecule has 0 aromatic heterocycles. The first-order chi connectivity index (χ1) is 16.7. The molecule has 0 saturated heterocycles. The van der Waals surface area contributed by atoms with Gasteiger partial charge in [-0.15, -0.1) is 0 Å². The van der Waals surface area contributed by atoms with Crippen LogP contribution >= 0.6 is 0 Å². The lowest BCUT2D eigenvalue weighted by Gasteiger charge is -2.27. The van der Waals surface area contributed by atoms with Crippen LogP contribution in [0, 0.1) is 11.8 Å². The maximum Gasteiger partial charge on any atom is 0.326 e. The molecular weight excluding hydrogens is 470 g/mol. The molecule has 0 aliphatic rings. The number of primary amides is 1. The van der Waals surface area contributed by atoms with E-state index in [1.165, 1.54) is 12.1 Å². The highest BCUT2D eigenvalue weighted by molar-refractivity contribution is 5.94. The van der Waals surface area contributed by atoms with Crippen molar-refractivity contribution in [2.75, 3.05) is 0 Å². The normalized spacial score (nSPS) is 14.4. The van der Waals surface area contributed by atoms with Crippen LogP contribution in [0.1, 0.15) is 46.1 Å². The molecule has 1 aromatic carbocycles. The van der Waals surface area contributed by atoms with Crippen molar-refractivity contribution in [1.82, 2.24) is 16.0 Å². The lowest BCUT2D eigenvalue weighted by molar-refractivity contribution is -0.143. The molecule has 4 amide bonds. The molecule has 1 rings (SSSR count). The van der Waals surface area contributed by atoms with Crippen molar-refractivity contribution in [3.05, 3.63) is 29.8 Å². The Morgan fingerprint density at radius 1 is 0.833 bits per heavy atom. The van der Waals surface area contributed by atoms with Crippen LogP contribution in [0.5, 0.6) is 5.75 Å². The maximum absolute atomic E-state index is 13.0. The predicted molar refractivity (Wildman–Crippen MR) is 131 cm³/mol. The number of nitrogens with two attached hydrogens (primary N) is 2. The second-order valence-electron chi connectivity index (χ2n) is 9.34. The molecule has 12 heteroatoms. The summed E-state index contributed by atoms with van der Waals surface area (Å²) in [5.41, 5.74) is 11.9. The van der Waals surface area contributed by atoms with Crippen molar-refractivity contribution in [2.24, 2.45) is 23.3 Å². The fraction of sp³-hybridized carbons (Fsp3) is 0.542. The second-order valence-corrected chi connectivity index (χ2v) is 9.34. The molecule has 0 heterocycles. The molecule has 0 aliphatic heterocycles. The van der Waals surface area contributed by atoms with Crippen molar-refractivity contribution in [1.29, 1.82) is 0 Å². The van der Waals surface area contributed by atoms with Crippen LogP contribution in [0.2, 0.25) is 0 Å². The molecule has 200 valence electrons. The Hall–Kier alpha value is -3.67. The summed E-state index contributed by atoms with van der Waals surface area (Å²) in [5, 5.41) is 26.2. The molecular formula is C24H37N5O7. The van der Waals surface area contributed by atoms with E-state index in [0.29, 0.717) is 5.56 Å². The Morgan fingerprint density at radius 2 is 1.36 bits per heavy atom. The smallest absolute Gasteiger partial charge is 0.326 e. The number of hydrogen-bond acceptors (Lipinski definition) is 7. The third-order valence-electron chi connectivity index (χ3n) is 5.52. The van der Waals surface area contributed by atoms with E-state index in [9.17, 15) is 34.2 Å². The molecule has 0 bridgehead atoms. The molecule has 0 fully saturated rings. The summed E-state index contributed by atoms with van der Waals surface area (Å²) >= 11 is 0. The van der Waals surface area contributed by atoms with Gasteiger partial charge in [0.25, 0.3) is 0 Å². The van der Waals surface area contributed by atoms with Gasteiger partial charge in [-0.2, -0.15) is 0 Å². The zero-order valence-electron chi connectivity index (χ0n) is 21.0. The van der Waals surface area contributed by atoms with Crippen LogP contribution in [0.25, 0.3) is 0 Å². The summed E-state index contributed by atoms with van der Waals surface area (Å²) in [5.74, 6) is -4.77. The fourth-order valence-corrected chi connectivity index (χ4v) is 3.36. The number of phenols is 1. The van der Waals surface area contributed by atoms with Crippen molar-refractivity contribution in [3.8, 4) is 5.75 Å². The van der Waals surface area contributed by atoms with Gasteiger partial charge >= 0.3 is 5.97 Å². The number of aromatic hydroxyl groups is 1. The number of carbonyl (C=O) groups excluding carboxylic acids is 4. The average molecular weight is 508 g/mol. The monoisotopic (exact) mass is 507 g/mol. The number of carboxylic acids is 1. The largest absolute Gasteiger partial charge is 0.508 e. The van der Waals surface area contributed by atoms with Gasteiger partial charge in [0.2, 0.25) is 23.6 Å². The number of rotatable bonds is 14. The SMILES string of the molecule is CC(C)C(NC(=O)C(CCC(N)=O)NC(=O)C(NC(=O)C(N)Cc1ccc(O)cc1)C(C)C)C(=O)O. The molecule has 0 spiro atoms. The van der Waals surface area contributed by atoms with Gasteiger partial charge in [-0.25, -0.2) is 4.79 Å². The minimum absolute atomic E-state index is 0.0753. The van der Waals surface area contributed by atoms with Gasteiger partial charge in [0, 0.05) is 6.42 Å². The number of phenolic OH excluding ortho intramolecular Hbond substituents is 1. The van der Waals surface area contributed by atoms with E-state index < -0.39 is 65.6 Å². The molecule has 1 aromatic rings. The van der Waals surface area contributed by atoms with E-state index in [0.717, 1.165) is 0 Å². The predicted octanol–water partition coefficient (Wildman–Crippen LogP) is -0.621. The van der Waals surface area contributed by atoms with Crippen LogP contribution < -0.4 is 27.4 Å². The minimum Gasteiger partial charge on any atom is -0.508 e. The van der Waals surface area contributed by atoms with E-state index in [1.54, 1.807) is 39.8 Å². The summed E-state index contributed by atoms with van der Waals surface area (Å²) in [6.07, 6.45) is -0.224. The number of carboxylic acid groups (broad SMARTS) is 1. The van der Waals surface area contributed by atoms with E-state index in [4.69, 9.17) is 11.5 Å². The maximum atomic E-state index is 13.0. The number of hydrogen-bond donors (Lipinski definition) is 7. The van der Waals surface area contributed by atoms with Gasteiger partial charge in [-0.1, -0.05) is 39.8 Å². The van der Waals surface area contributed by atoms with Crippen molar-refractivity contribution >= 4 is 29.6 Å². The van der Waals surface area contributed by atoms with Crippen LogP contribution in [0.15, 0.2) is 24.3 Å². The highest BCUT2D eigenvalue weighted by atomic mass is 16.4.